The lowest BCUT2D eigenvalue weighted by atomic mass is 10.2. The zero-order chi connectivity index (χ0) is 12.0. The molecule has 0 fully saturated rings. The van der Waals surface area contributed by atoms with Crippen molar-refractivity contribution in [1.82, 2.24) is 5.32 Å². The van der Waals surface area contributed by atoms with Gasteiger partial charge < -0.3 is 10.1 Å². The third-order valence-electron chi connectivity index (χ3n) is 1.08. The van der Waals surface area contributed by atoms with Crippen LogP contribution in [0.25, 0.3) is 0 Å². The van der Waals surface area contributed by atoms with Crippen LogP contribution in [0.4, 0.5) is 0 Å². The lowest BCUT2D eigenvalue weighted by Gasteiger charge is -1.98. The Labute approximate surface area is 88.3 Å². The normalized spacial score (nSPS) is 7.29. The highest BCUT2D eigenvalue weighted by atomic mass is 16.1. The van der Waals surface area contributed by atoms with E-state index in [4.69, 9.17) is 0 Å². The molecule has 0 spiro atoms. The van der Waals surface area contributed by atoms with Gasteiger partial charge in [-0.3, -0.25) is 4.79 Å². The van der Waals surface area contributed by atoms with E-state index in [0.29, 0.717) is 13.0 Å². The molecule has 0 atom stereocenters. The molecule has 0 aliphatic heterocycles. The molecule has 0 saturated carbocycles. The molecule has 1 N–H and O–H groups in total. The fourth-order valence-corrected chi connectivity index (χ4v) is 0.602. The van der Waals surface area contributed by atoms with Gasteiger partial charge in [-0.2, -0.15) is 0 Å². The van der Waals surface area contributed by atoms with E-state index < -0.39 is 0 Å². The van der Waals surface area contributed by atoms with Crippen molar-refractivity contribution in [3.63, 3.8) is 0 Å². The molecule has 1 amide bonds. The Bertz CT molecular complexity index is 117. The van der Waals surface area contributed by atoms with Gasteiger partial charge in [0.25, 0.3) is 0 Å². The van der Waals surface area contributed by atoms with Gasteiger partial charge in [0.2, 0.25) is 5.91 Å². The first-order chi connectivity index (χ1) is 6.63. The summed E-state index contributed by atoms with van der Waals surface area (Å²) in [7, 11) is 0. The van der Waals surface area contributed by atoms with E-state index in [-0.39, 0.29) is 11.7 Å². The molecule has 3 nitrogen and oxygen atoms in total. The average molecular weight is 203 g/mol. The molecule has 0 aromatic carbocycles. The molecule has 0 aromatic rings. The maximum absolute atomic E-state index is 10.4. The smallest absolute Gasteiger partial charge is 0.216 e. The number of hydrogen-bond acceptors (Lipinski definition) is 2. The molecule has 86 valence electrons. The summed E-state index contributed by atoms with van der Waals surface area (Å²) in [6.45, 7) is 11.6. The number of carbonyl (C=O) groups excluding carboxylic acids is 2. The van der Waals surface area contributed by atoms with Crippen LogP contribution in [0.1, 0.15) is 54.4 Å². The highest BCUT2D eigenvalue weighted by molar-refractivity contribution is 5.75. The second-order valence-corrected chi connectivity index (χ2v) is 2.29. The summed E-state index contributed by atoms with van der Waals surface area (Å²) >= 11 is 0. The van der Waals surface area contributed by atoms with Crippen molar-refractivity contribution in [3.8, 4) is 0 Å². The molecule has 0 heterocycles. The number of ketones is 1. The first kappa shape index (κ1) is 18.8. The van der Waals surface area contributed by atoms with E-state index in [1.165, 1.54) is 6.92 Å². The van der Waals surface area contributed by atoms with Gasteiger partial charge in [-0.05, 0) is 13.3 Å². The van der Waals surface area contributed by atoms with Crippen molar-refractivity contribution in [2.45, 2.75) is 54.4 Å². The Morgan fingerprint density at radius 2 is 1.43 bits per heavy atom. The Balaban J connectivity index is -0.000000266. The Morgan fingerprint density at radius 3 is 1.71 bits per heavy atom. The van der Waals surface area contributed by atoms with Crippen molar-refractivity contribution in [2.24, 2.45) is 0 Å². The van der Waals surface area contributed by atoms with Crippen LogP contribution < -0.4 is 5.32 Å². The van der Waals surface area contributed by atoms with Crippen molar-refractivity contribution < 1.29 is 9.59 Å². The monoisotopic (exact) mass is 203 g/mol. The van der Waals surface area contributed by atoms with Crippen LogP contribution in [-0.4, -0.2) is 18.2 Å². The molecule has 3 heteroatoms. The van der Waals surface area contributed by atoms with Crippen LogP contribution in [0.5, 0.6) is 0 Å². The number of hydrogen-bond donors (Lipinski definition) is 1. The Morgan fingerprint density at radius 1 is 1.00 bits per heavy atom. The molecule has 14 heavy (non-hydrogen) atoms. The lowest BCUT2D eigenvalue weighted by Crippen LogP contribution is -2.21. The van der Waals surface area contributed by atoms with Crippen molar-refractivity contribution in [2.75, 3.05) is 6.54 Å². The Kier molecular flexibility index (Phi) is 24.3. The quantitative estimate of drug-likeness (QED) is 0.714. The number of rotatable bonds is 4. The van der Waals surface area contributed by atoms with Crippen LogP contribution in [0, 0.1) is 0 Å². The van der Waals surface area contributed by atoms with E-state index in [2.05, 4.69) is 5.32 Å². The third kappa shape index (κ3) is 30.4. The van der Waals surface area contributed by atoms with Crippen LogP contribution in [0.3, 0.4) is 0 Å². The number of Topliss-reactive ketones (excluding diaryl/α,β-unsaturated/α-hetero) is 1. The van der Waals surface area contributed by atoms with Gasteiger partial charge in [0.05, 0.1) is 0 Å². The first-order valence-corrected chi connectivity index (χ1v) is 5.37. The van der Waals surface area contributed by atoms with Crippen LogP contribution in [-0.2, 0) is 9.59 Å². The van der Waals surface area contributed by atoms with Crippen molar-refractivity contribution in [1.29, 1.82) is 0 Å². The molecule has 0 bridgehead atoms. The van der Waals surface area contributed by atoms with Gasteiger partial charge in [0.1, 0.15) is 5.78 Å². The van der Waals surface area contributed by atoms with Gasteiger partial charge in [-0.1, -0.05) is 27.7 Å². The molecular weight excluding hydrogens is 178 g/mol. The minimum atomic E-state index is -0.0384. The predicted molar refractivity (Wildman–Crippen MR) is 61.3 cm³/mol. The largest absolute Gasteiger partial charge is 0.356 e. The molecular formula is C11H25NO2. The molecule has 0 radical (unpaired) electrons. The maximum atomic E-state index is 10.4. The van der Waals surface area contributed by atoms with Gasteiger partial charge >= 0.3 is 0 Å². The Hall–Kier alpha value is -0.860. The SMILES string of the molecule is CC.CC.CC(=O)CCCNC(C)=O. The second kappa shape index (κ2) is 18.0. The standard InChI is InChI=1S/C7H13NO2.2C2H6/c1-6(9)4-3-5-8-7(2)10;2*1-2/h3-5H2,1-2H3,(H,8,10);2*1-2H3. The highest BCUT2D eigenvalue weighted by Crippen LogP contribution is 1.86. The second-order valence-electron chi connectivity index (χ2n) is 2.29. The summed E-state index contributed by atoms with van der Waals surface area (Å²) < 4.78 is 0. The maximum Gasteiger partial charge on any atom is 0.216 e. The summed E-state index contributed by atoms with van der Waals surface area (Å²) in [4.78, 5) is 20.7. The molecule has 0 unspecified atom stereocenters. The summed E-state index contributed by atoms with van der Waals surface area (Å²) in [5.74, 6) is 0.133. The minimum Gasteiger partial charge on any atom is -0.356 e. The fraction of sp³-hybridized carbons (Fsp3) is 0.818. The van der Waals surface area contributed by atoms with Crippen LogP contribution >= 0.6 is 0 Å². The summed E-state index contributed by atoms with van der Waals surface area (Å²) in [5, 5.41) is 2.61. The highest BCUT2D eigenvalue weighted by Gasteiger charge is 1.93. The topological polar surface area (TPSA) is 46.2 Å². The van der Waals surface area contributed by atoms with E-state index >= 15 is 0 Å². The predicted octanol–water partition coefficient (Wildman–Crippen LogP) is 2.54. The summed E-state index contributed by atoms with van der Waals surface area (Å²) in [6, 6.07) is 0. The van der Waals surface area contributed by atoms with E-state index in [0.717, 1.165) is 6.42 Å². The number of carbonyl (C=O) groups is 2. The molecule has 0 aromatic heterocycles. The van der Waals surface area contributed by atoms with E-state index in [9.17, 15) is 9.59 Å². The van der Waals surface area contributed by atoms with Crippen LogP contribution in [0.15, 0.2) is 0 Å². The zero-order valence-corrected chi connectivity index (χ0v) is 10.4. The number of amides is 1. The summed E-state index contributed by atoms with van der Waals surface area (Å²) in [6.07, 6.45) is 1.30. The van der Waals surface area contributed by atoms with Crippen molar-refractivity contribution >= 4 is 11.7 Å². The first-order valence-electron chi connectivity index (χ1n) is 5.37. The third-order valence-corrected chi connectivity index (χ3v) is 1.08. The van der Waals surface area contributed by atoms with Gasteiger partial charge in [0, 0.05) is 19.9 Å². The van der Waals surface area contributed by atoms with E-state index in [1.807, 2.05) is 27.7 Å². The van der Waals surface area contributed by atoms with Gasteiger partial charge in [0.15, 0.2) is 0 Å². The van der Waals surface area contributed by atoms with E-state index in [1.54, 1.807) is 6.92 Å². The lowest BCUT2D eigenvalue weighted by molar-refractivity contribution is -0.120. The van der Waals surface area contributed by atoms with Crippen LogP contribution in [0.2, 0.25) is 0 Å². The molecule has 0 aliphatic rings. The van der Waals surface area contributed by atoms with Crippen molar-refractivity contribution in [3.05, 3.63) is 0 Å². The van der Waals surface area contributed by atoms with Gasteiger partial charge in [-0.15, -0.1) is 0 Å². The summed E-state index contributed by atoms with van der Waals surface area (Å²) in [5.41, 5.74) is 0. The van der Waals surface area contributed by atoms with Gasteiger partial charge in [-0.25, -0.2) is 0 Å². The minimum absolute atomic E-state index is 0.0384. The molecule has 0 aliphatic carbocycles. The number of nitrogens with one attached hydrogen (secondary N) is 1. The zero-order valence-electron chi connectivity index (χ0n) is 10.4. The molecule has 0 saturated heterocycles. The fourth-order valence-electron chi connectivity index (χ4n) is 0.602. The molecule has 0 rings (SSSR count). The average Bonchev–Trinajstić information content (AvgIpc) is 2.18.